The number of carbonyl (C=O) groups is 1. The van der Waals surface area contributed by atoms with Crippen molar-refractivity contribution in [1.82, 2.24) is 20.0 Å². The van der Waals surface area contributed by atoms with E-state index in [2.05, 4.69) is 24.3 Å². The zero-order chi connectivity index (χ0) is 14.7. The summed E-state index contributed by atoms with van der Waals surface area (Å²) in [7, 11) is 1.86. The summed E-state index contributed by atoms with van der Waals surface area (Å²) in [5.41, 5.74) is 2.01. The molecule has 1 unspecified atom stereocenters. The summed E-state index contributed by atoms with van der Waals surface area (Å²) >= 11 is 6.39. The van der Waals surface area contributed by atoms with Crippen molar-refractivity contribution < 1.29 is 4.79 Å². The molecule has 6 heteroatoms. The summed E-state index contributed by atoms with van der Waals surface area (Å²) in [4.78, 5) is 13.3. The third-order valence-electron chi connectivity index (χ3n) is 3.88. The molecule has 20 heavy (non-hydrogen) atoms. The first kappa shape index (κ1) is 15.3. The van der Waals surface area contributed by atoms with Gasteiger partial charge in [-0.1, -0.05) is 18.5 Å². The molecule has 0 radical (unpaired) electrons. The fourth-order valence-electron chi connectivity index (χ4n) is 2.61. The topological polar surface area (TPSA) is 50.2 Å². The standard InChI is InChI=1S/C14H23ClN4O/c1-4-11-14(15)12(19(5-2)17-11)8-16-10-6-7-13(20)18(3)9-10/h10,16H,4-9H2,1-3H3. The number of nitrogens with one attached hydrogen (secondary N) is 1. The molecule has 0 spiro atoms. The molecule has 1 aliphatic rings. The molecule has 1 atom stereocenters. The lowest BCUT2D eigenvalue weighted by Gasteiger charge is -2.30. The van der Waals surface area contributed by atoms with Crippen molar-refractivity contribution in [2.24, 2.45) is 0 Å². The molecular formula is C14H23ClN4O. The molecule has 2 heterocycles. The number of nitrogens with zero attached hydrogens (tertiary/aromatic N) is 3. The summed E-state index contributed by atoms with van der Waals surface area (Å²) < 4.78 is 1.96. The summed E-state index contributed by atoms with van der Waals surface area (Å²) in [6.45, 7) is 6.41. The summed E-state index contributed by atoms with van der Waals surface area (Å²) in [5, 5.41) is 8.80. The predicted octanol–water partition coefficient (Wildman–Crippen LogP) is 1.83. The minimum absolute atomic E-state index is 0.230. The van der Waals surface area contributed by atoms with E-state index in [0.29, 0.717) is 19.0 Å². The van der Waals surface area contributed by atoms with Gasteiger partial charge in [-0.2, -0.15) is 5.10 Å². The molecule has 0 saturated carbocycles. The Balaban J connectivity index is 2.00. The second-order valence-electron chi connectivity index (χ2n) is 5.27. The van der Waals surface area contributed by atoms with Crippen LogP contribution in [0.25, 0.3) is 0 Å². The SMILES string of the molecule is CCc1nn(CC)c(CNC2CCC(=O)N(C)C2)c1Cl. The lowest BCUT2D eigenvalue weighted by Crippen LogP contribution is -2.46. The van der Waals surface area contributed by atoms with Crippen molar-refractivity contribution in [2.75, 3.05) is 13.6 Å². The van der Waals surface area contributed by atoms with Crippen LogP contribution in [0.3, 0.4) is 0 Å². The van der Waals surface area contributed by atoms with E-state index in [1.807, 2.05) is 11.7 Å². The Bertz CT molecular complexity index is 486. The second-order valence-corrected chi connectivity index (χ2v) is 5.65. The maximum Gasteiger partial charge on any atom is 0.222 e. The molecule has 1 amide bonds. The molecule has 0 aromatic carbocycles. The molecule has 0 aliphatic carbocycles. The van der Waals surface area contributed by atoms with Gasteiger partial charge in [-0.25, -0.2) is 0 Å². The maximum atomic E-state index is 11.5. The van der Waals surface area contributed by atoms with E-state index in [0.717, 1.165) is 42.3 Å². The zero-order valence-corrected chi connectivity index (χ0v) is 13.2. The number of likely N-dealkylation sites (tertiary alicyclic amines) is 1. The highest BCUT2D eigenvalue weighted by atomic mass is 35.5. The molecule has 112 valence electrons. The Morgan fingerprint density at radius 2 is 2.20 bits per heavy atom. The second kappa shape index (κ2) is 6.59. The fraction of sp³-hybridized carbons (Fsp3) is 0.714. The van der Waals surface area contributed by atoms with E-state index >= 15 is 0 Å². The Hall–Kier alpha value is -1.07. The van der Waals surface area contributed by atoms with Gasteiger partial charge in [-0.15, -0.1) is 0 Å². The minimum atomic E-state index is 0.230. The van der Waals surface area contributed by atoms with Crippen LogP contribution in [0.4, 0.5) is 0 Å². The minimum Gasteiger partial charge on any atom is -0.344 e. The molecule has 1 aromatic rings. The smallest absolute Gasteiger partial charge is 0.222 e. The van der Waals surface area contributed by atoms with Crippen LogP contribution in [0.5, 0.6) is 0 Å². The number of amides is 1. The first-order chi connectivity index (χ1) is 9.56. The van der Waals surface area contributed by atoms with Crippen LogP contribution < -0.4 is 5.32 Å². The van der Waals surface area contributed by atoms with Crippen molar-refractivity contribution in [3.05, 3.63) is 16.4 Å². The van der Waals surface area contributed by atoms with E-state index in [9.17, 15) is 4.79 Å². The predicted molar refractivity (Wildman–Crippen MR) is 79.8 cm³/mol. The van der Waals surface area contributed by atoms with Crippen LogP contribution in [0.15, 0.2) is 0 Å². The third kappa shape index (κ3) is 3.15. The number of aromatic nitrogens is 2. The number of piperidine rings is 1. The van der Waals surface area contributed by atoms with Crippen molar-refractivity contribution in [3.8, 4) is 0 Å². The van der Waals surface area contributed by atoms with Gasteiger partial charge < -0.3 is 10.2 Å². The van der Waals surface area contributed by atoms with Crippen LogP contribution in [0.1, 0.15) is 38.1 Å². The number of hydrogen-bond donors (Lipinski definition) is 1. The Labute approximate surface area is 125 Å². The fourth-order valence-corrected chi connectivity index (χ4v) is 2.94. The van der Waals surface area contributed by atoms with E-state index in [1.165, 1.54) is 0 Å². The van der Waals surface area contributed by atoms with Crippen molar-refractivity contribution >= 4 is 17.5 Å². The van der Waals surface area contributed by atoms with E-state index < -0.39 is 0 Å². The van der Waals surface area contributed by atoms with Gasteiger partial charge in [0.2, 0.25) is 5.91 Å². The first-order valence-corrected chi connectivity index (χ1v) is 7.66. The van der Waals surface area contributed by atoms with Gasteiger partial charge >= 0.3 is 0 Å². The lowest BCUT2D eigenvalue weighted by molar-refractivity contribution is -0.132. The quantitative estimate of drug-likeness (QED) is 0.902. The van der Waals surface area contributed by atoms with Crippen molar-refractivity contribution in [2.45, 2.75) is 52.2 Å². The van der Waals surface area contributed by atoms with Crippen LogP contribution in [0.2, 0.25) is 5.02 Å². The van der Waals surface area contributed by atoms with Gasteiger partial charge in [0.05, 0.1) is 16.4 Å². The molecule has 5 nitrogen and oxygen atoms in total. The monoisotopic (exact) mass is 298 g/mol. The average Bonchev–Trinajstić information content (AvgIpc) is 2.76. The van der Waals surface area contributed by atoms with Gasteiger partial charge in [0.15, 0.2) is 0 Å². The number of carbonyl (C=O) groups excluding carboxylic acids is 1. The van der Waals surface area contributed by atoms with Crippen LogP contribution in [-0.4, -0.2) is 40.2 Å². The Kier molecular flexibility index (Phi) is 5.05. The molecule has 1 aliphatic heterocycles. The Morgan fingerprint density at radius 1 is 1.45 bits per heavy atom. The molecular weight excluding hydrogens is 276 g/mol. The molecule has 1 aromatic heterocycles. The van der Waals surface area contributed by atoms with Gasteiger partial charge in [0.25, 0.3) is 0 Å². The molecule has 2 rings (SSSR count). The molecule has 1 saturated heterocycles. The van der Waals surface area contributed by atoms with Gasteiger partial charge in [0.1, 0.15) is 0 Å². The molecule has 0 bridgehead atoms. The summed E-state index contributed by atoms with van der Waals surface area (Å²) in [6.07, 6.45) is 2.36. The average molecular weight is 299 g/mol. The van der Waals surface area contributed by atoms with Crippen LogP contribution in [-0.2, 0) is 24.3 Å². The van der Waals surface area contributed by atoms with Gasteiger partial charge in [-0.3, -0.25) is 9.48 Å². The lowest BCUT2D eigenvalue weighted by atomic mass is 10.1. The summed E-state index contributed by atoms with van der Waals surface area (Å²) in [5.74, 6) is 0.230. The van der Waals surface area contributed by atoms with E-state index in [-0.39, 0.29) is 5.91 Å². The van der Waals surface area contributed by atoms with Gasteiger partial charge in [-0.05, 0) is 19.8 Å². The van der Waals surface area contributed by atoms with Crippen LogP contribution >= 0.6 is 11.6 Å². The normalized spacial score (nSPS) is 19.7. The highest BCUT2D eigenvalue weighted by molar-refractivity contribution is 6.31. The molecule has 1 fully saturated rings. The van der Waals surface area contributed by atoms with Gasteiger partial charge in [0, 0.05) is 39.1 Å². The third-order valence-corrected chi connectivity index (χ3v) is 4.32. The summed E-state index contributed by atoms with van der Waals surface area (Å²) in [6, 6.07) is 0.332. The highest BCUT2D eigenvalue weighted by Crippen LogP contribution is 2.22. The number of halogens is 1. The molecule has 1 N–H and O–H groups in total. The number of hydrogen-bond acceptors (Lipinski definition) is 3. The number of likely N-dealkylation sites (N-methyl/N-ethyl adjacent to an activating group) is 1. The zero-order valence-electron chi connectivity index (χ0n) is 12.4. The van der Waals surface area contributed by atoms with Crippen molar-refractivity contribution in [3.63, 3.8) is 0 Å². The first-order valence-electron chi connectivity index (χ1n) is 7.28. The van der Waals surface area contributed by atoms with Crippen molar-refractivity contribution in [1.29, 1.82) is 0 Å². The largest absolute Gasteiger partial charge is 0.344 e. The Morgan fingerprint density at radius 3 is 2.80 bits per heavy atom. The number of aryl methyl sites for hydroxylation is 2. The van der Waals surface area contributed by atoms with E-state index in [4.69, 9.17) is 11.6 Å². The number of rotatable bonds is 5. The maximum absolute atomic E-state index is 11.5. The highest BCUT2D eigenvalue weighted by Gasteiger charge is 2.23. The van der Waals surface area contributed by atoms with E-state index in [1.54, 1.807) is 4.90 Å². The van der Waals surface area contributed by atoms with Crippen LogP contribution in [0, 0.1) is 0 Å².